The molecule has 2 rings (SSSR count). The molecule has 0 radical (unpaired) electrons. The third-order valence-electron chi connectivity index (χ3n) is 3.78. The highest BCUT2D eigenvalue weighted by Crippen LogP contribution is 2.15. The minimum Gasteiger partial charge on any atom is -0.356 e. The molecule has 1 saturated heterocycles. The first-order chi connectivity index (χ1) is 9.69. The van der Waals surface area contributed by atoms with Gasteiger partial charge in [0.05, 0.1) is 0 Å². The molecule has 0 saturated carbocycles. The molecular weight excluding hydrogens is 270 g/mol. The van der Waals surface area contributed by atoms with Gasteiger partial charge in [0.25, 0.3) is 0 Å². The zero-order valence-corrected chi connectivity index (χ0v) is 13.2. The Morgan fingerprint density at radius 1 is 1.40 bits per heavy atom. The molecule has 0 aromatic heterocycles. The van der Waals surface area contributed by atoms with Gasteiger partial charge in [-0.2, -0.15) is 0 Å². The molecule has 1 aromatic rings. The van der Waals surface area contributed by atoms with E-state index >= 15 is 0 Å². The van der Waals surface area contributed by atoms with Gasteiger partial charge in [0.15, 0.2) is 5.96 Å². The zero-order valence-electron chi connectivity index (χ0n) is 12.4. The molecule has 1 fully saturated rings. The second-order valence-corrected chi connectivity index (χ2v) is 5.98. The highest BCUT2D eigenvalue weighted by molar-refractivity contribution is 6.30. The van der Waals surface area contributed by atoms with E-state index in [1.807, 2.05) is 19.2 Å². The molecule has 1 aromatic carbocycles. The number of aliphatic imine (C=N–C) groups is 1. The lowest BCUT2D eigenvalue weighted by Crippen LogP contribution is -2.46. The lowest BCUT2D eigenvalue weighted by atomic mass is 10.0. The van der Waals surface area contributed by atoms with E-state index in [4.69, 9.17) is 11.6 Å². The Labute approximate surface area is 127 Å². The predicted octanol–water partition coefficient (Wildman–Crippen LogP) is 3.19. The minimum absolute atomic E-state index is 0.763. The Morgan fingerprint density at radius 2 is 2.15 bits per heavy atom. The number of hydrogen-bond donors (Lipinski definition) is 1. The van der Waals surface area contributed by atoms with Crippen molar-refractivity contribution < 1.29 is 0 Å². The van der Waals surface area contributed by atoms with E-state index in [0.29, 0.717) is 0 Å². The van der Waals surface area contributed by atoms with Gasteiger partial charge in [0.2, 0.25) is 0 Å². The standard InChI is InChI=1S/C16H24ClN3/c1-13-4-3-11-20(12-13)16(18-2)19-10-9-14-5-7-15(17)8-6-14/h5-8,13H,3-4,9-12H2,1-2H3,(H,18,19). The molecule has 1 unspecified atom stereocenters. The van der Waals surface area contributed by atoms with Crippen LogP contribution in [-0.2, 0) is 6.42 Å². The molecule has 0 bridgehead atoms. The quantitative estimate of drug-likeness (QED) is 0.685. The van der Waals surface area contributed by atoms with Crippen molar-refractivity contribution in [3.05, 3.63) is 34.9 Å². The van der Waals surface area contributed by atoms with Crippen molar-refractivity contribution in [1.82, 2.24) is 10.2 Å². The van der Waals surface area contributed by atoms with Gasteiger partial charge in [-0.05, 0) is 42.9 Å². The third-order valence-corrected chi connectivity index (χ3v) is 4.03. The summed E-state index contributed by atoms with van der Waals surface area (Å²) in [6.45, 7) is 5.44. The van der Waals surface area contributed by atoms with Crippen LogP contribution in [-0.4, -0.2) is 37.5 Å². The van der Waals surface area contributed by atoms with Crippen LogP contribution >= 0.6 is 11.6 Å². The highest BCUT2D eigenvalue weighted by Gasteiger charge is 2.18. The molecule has 3 nitrogen and oxygen atoms in total. The van der Waals surface area contributed by atoms with Crippen LogP contribution in [0.4, 0.5) is 0 Å². The molecular formula is C16H24ClN3. The fraction of sp³-hybridized carbons (Fsp3) is 0.562. The summed E-state index contributed by atoms with van der Waals surface area (Å²) in [5.74, 6) is 1.80. The van der Waals surface area contributed by atoms with Crippen molar-refractivity contribution in [2.24, 2.45) is 10.9 Å². The lowest BCUT2D eigenvalue weighted by molar-refractivity contribution is 0.266. The summed E-state index contributed by atoms with van der Waals surface area (Å²) in [5, 5.41) is 4.26. The van der Waals surface area contributed by atoms with Crippen LogP contribution in [0.5, 0.6) is 0 Å². The third kappa shape index (κ3) is 4.41. The molecule has 0 aliphatic carbocycles. The number of benzene rings is 1. The SMILES string of the molecule is CN=C(NCCc1ccc(Cl)cc1)N1CCCC(C)C1. The first-order valence-corrected chi connectivity index (χ1v) is 7.77. The van der Waals surface area contributed by atoms with Crippen LogP contribution in [0.1, 0.15) is 25.3 Å². The Kier molecular flexibility index (Phi) is 5.72. The van der Waals surface area contributed by atoms with Crippen molar-refractivity contribution in [2.75, 3.05) is 26.7 Å². The van der Waals surface area contributed by atoms with Crippen molar-refractivity contribution >= 4 is 17.6 Å². The van der Waals surface area contributed by atoms with E-state index in [-0.39, 0.29) is 0 Å². The molecule has 0 spiro atoms. The van der Waals surface area contributed by atoms with E-state index in [1.54, 1.807) is 0 Å². The van der Waals surface area contributed by atoms with Crippen molar-refractivity contribution in [3.63, 3.8) is 0 Å². The van der Waals surface area contributed by atoms with Gasteiger partial charge in [0.1, 0.15) is 0 Å². The van der Waals surface area contributed by atoms with E-state index in [1.165, 1.54) is 18.4 Å². The molecule has 1 atom stereocenters. The number of halogens is 1. The number of nitrogens with one attached hydrogen (secondary N) is 1. The maximum absolute atomic E-state index is 5.89. The van der Waals surface area contributed by atoms with Gasteiger partial charge in [-0.3, -0.25) is 4.99 Å². The monoisotopic (exact) mass is 293 g/mol. The summed E-state index contributed by atoms with van der Waals surface area (Å²) in [7, 11) is 1.86. The van der Waals surface area contributed by atoms with E-state index < -0.39 is 0 Å². The topological polar surface area (TPSA) is 27.6 Å². The maximum Gasteiger partial charge on any atom is 0.193 e. The van der Waals surface area contributed by atoms with E-state index in [9.17, 15) is 0 Å². The Bertz CT molecular complexity index is 442. The average Bonchev–Trinajstić information content (AvgIpc) is 2.45. The Balaban J connectivity index is 1.80. The summed E-state index contributed by atoms with van der Waals surface area (Å²) in [6, 6.07) is 8.04. The van der Waals surface area contributed by atoms with Crippen molar-refractivity contribution in [2.45, 2.75) is 26.2 Å². The lowest BCUT2D eigenvalue weighted by Gasteiger charge is -2.33. The van der Waals surface area contributed by atoms with Gasteiger partial charge < -0.3 is 10.2 Å². The largest absolute Gasteiger partial charge is 0.356 e. The van der Waals surface area contributed by atoms with E-state index in [0.717, 1.165) is 43.0 Å². The van der Waals surface area contributed by atoms with Crippen molar-refractivity contribution in [1.29, 1.82) is 0 Å². The molecule has 1 aliphatic rings. The fourth-order valence-corrected chi connectivity index (χ4v) is 2.81. The normalized spacial score (nSPS) is 20.1. The van der Waals surface area contributed by atoms with Crippen LogP contribution in [0.2, 0.25) is 5.02 Å². The van der Waals surface area contributed by atoms with Crippen LogP contribution in [0.15, 0.2) is 29.3 Å². The van der Waals surface area contributed by atoms with Crippen LogP contribution in [0, 0.1) is 5.92 Å². The second-order valence-electron chi connectivity index (χ2n) is 5.54. The molecule has 1 heterocycles. The molecule has 20 heavy (non-hydrogen) atoms. The smallest absolute Gasteiger partial charge is 0.193 e. The summed E-state index contributed by atoms with van der Waals surface area (Å²) in [5.41, 5.74) is 1.30. The van der Waals surface area contributed by atoms with Gasteiger partial charge >= 0.3 is 0 Å². The summed E-state index contributed by atoms with van der Waals surface area (Å²) >= 11 is 5.89. The second kappa shape index (κ2) is 7.53. The van der Waals surface area contributed by atoms with Crippen LogP contribution in [0.25, 0.3) is 0 Å². The van der Waals surface area contributed by atoms with Gasteiger partial charge in [0, 0.05) is 31.7 Å². The number of nitrogens with zero attached hydrogens (tertiary/aromatic N) is 2. The summed E-state index contributed by atoms with van der Waals surface area (Å²) < 4.78 is 0. The molecule has 1 aliphatic heterocycles. The molecule has 4 heteroatoms. The Hall–Kier alpha value is -1.22. The number of rotatable bonds is 3. The van der Waals surface area contributed by atoms with E-state index in [2.05, 4.69) is 34.3 Å². The predicted molar refractivity (Wildman–Crippen MR) is 86.5 cm³/mol. The minimum atomic E-state index is 0.763. The van der Waals surface area contributed by atoms with Gasteiger partial charge in [-0.25, -0.2) is 0 Å². The molecule has 0 amide bonds. The fourth-order valence-electron chi connectivity index (χ4n) is 2.68. The first-order valence-electron chi connectivity index (χ1n) is 7.39. The summed E-state index contributed by atoms with van der Waals surface area (Å²) in [6.07, 6.45) is 3.58. The van der Waals surface area contributed by atoms with Crippen molar-refractivity contribution in [3.8, 4) is 0 Å². The van der Waals surface area contributed by atoms with Crippen LogP contribution in [0.3, 0.4) is 0 Å². The zero-order chi connectivity index (χ0) is 14.4. The van der Waals surface area contributed by atoms with Gasteiger partial charge in [-0.1, -0.05) is 30.7 Å². The molecule has 110 valence electrons. The highest BCUT2D eigenvalue weighted by atomic mass is 35.5. The first kappa shape index (κ1) is 15.2. The number of likely N-dealkylation sites (tertiary alicyclic amines) is 1. The van der Waals surface area contributed by atoms with Gasteiger partial charge in [-0.15, -0.1) is 0 Å². The average molecular weight is 294 g/mol. The van der Waals surface area contributed by atoms with Crippen LogP contribution < -0.4 is 5.32 Å². The number of guanidine groups is 1. The number of piperidine rings is 1. The Morgan fingerprint density at radius 3 is 2.80 bits per heavy atom. The maximum atomic E-state index is 5.89. The summed E-state index contributed by atoms with van der Waals surface area (Å²) in [4.78, 5) is 6.77. The number of hydrogen-bond acceptors (Lipinski definition) is 1. The molecule has 1 N–H and O–H groups in total.